The molecule has 1 aromatic heterocycles. The molecule has 0 radical (unpaired) electrons. The minimum atomic E-state index is -4.07. The average molecular weight is 230 g/mol. The molecule has 0 saturated heterocycles. The van der Waals surface area contributed by atoms with E-state index in [0.717, 1.165) is 0 Å². The van der Waals surface area contributed by atoms with Crippen LogP contribution in [-0.2, 0) is 10.1 Å². The van der Waals surface area contributed by atoms with Crippen molar-refractivity contribution in [1.29, 1.82) is 0 Å². The van der Waals surface area contributed by atoms with Crippen LogP contribution in [0.5, 0.6) is 0 Å². The first-order valence-corrected chi connectivity index (χ1v) is 6.07. The molecule has 0 bridgehead atoms. The van der Waals surface area contributed by atoms with E-state index in [-0.39, 0.29) is 0 Å². The summed E-state index contributed by atoms with van der Waals surface area (Å²) >= 11 is 0. The Bertz CT molecular complexity index is 411. The normalized spacial score (nSPS) is 15.9. The fraction of sp³-hybridized carbons (Fsp3) is 0.444. The molecule has 2 atom stereocenters. The molecule has 1 aromatic rings. The zero-order valence-electron chi connectivity index (χ0n) is 8.44. The summed E-state index contributed by atoms with van der Waals surface area (Å²) in [6.45, 7) is 5.28. The lowest BCUT2D eigenvalue weighted by Crippen LogP contribution is -2.29. The zero-order valence-corrected chi connectivity index (χ0v) is 9.26. The van der Waals surface area contributed by atoms with Gasteiger partial charge in [0.2, 0.25) is 0 Å². The second-order valence-electron chi connectivity index (χ2n) is 3.20. The largest absolute Gasteiger partial charge is 0.329 e. The number of allylic oxidation sites excluding steroid dienone is 1. The van der Waals surface area contributed by atoms with Crippen LogP contribution in [0.3, 0.4) is 0 Å². The minimum Gasteiger partial charge on any atom is -0.329 e. The van der Waals surface area contributed by atoms with Crippen molar-refractivity contribution in [2.24, 2.45) is 0 Å². The summed E-state index contributed by atoms with van der Waals surface area (Å²) in [7, 11) is -4.07. The maximum absolute atomic E-state index is 11.1. The third-order valence-corrected chi connectivity index (χ3v) is 3.65. The summed E-state index contributed by atoms with van der Waals surface area (Å²) in [5.41, 5.74) is 0. The van der Waals surface area contributed by atoms with E-state index < -0.39 is 21.4 Å². The molecule has 0 saturated carbocycles. The van der Waals surface area contributed by atoms with Crippen molar-refractivity contribution < 1.29 is 13.0 Å². The topological polar surface area (TPSA) is 72.2 Å². The fourth-order valence-electron chi connectivity index (χ4n) is 1.54. The Hall–Kier alpha value is -1.14. The van der Waals surface area contributed by atoms with Gasteiger partial charge in [-0.3, -0.25) is 4.55 Å². The van der Waals surface area contributed by atoms with Crippen LogP contribution in [0.25, 0.3) is 0 Å². The van der Waals surface area contributed by atoms with Gasteiger partial charge in [0, 0.05) is 12.4 Å². The first-order valence-electron chi connectivity index (χ1n) is 4.57. The van der Waals surface area contributed by atoms with E-state index in [9.17, 15) is 8.42 Å². The van der Waals surface area contributed by atoms with Gasteiger partial charge in [0.1, 0.15) is 5.25 Å². The summed E-state index contributed by atoms with van der Waals surface area (Å²) in [4.78, 5) is 3.83. The van der Waals surface area contributed by atoms with E-state index in [1.165, 1.54) is 12.4 Å². The third-order valence-electron chi connectivity index (χ3n) is 2.28. The number of imidazole rings is 1. The van der Waals surface area contributed by atoms with Crippen molar-refractivity contribution in [2.75, 3.05) is 0 Å². The Kier molecular flexibility index (Phi) is 3.65. The number of nitrogens with zero attached hydrogens (tertiary/aromatic N) is 2. The highest BCUT2D eigenvalue weighted by atomic mass is 32.2. The van der Waals surface area contributed by atoms with E-state index >= 15 is 0 Å². The SMILES string of the molecule is C=CC(C(CC)S(=O)(=O)O)n1ccnc1. The summed E-state index contributed by atoms with van der Waals surface area (Å²) in [6, 6.07) is -0.493. The molecule has 0 fully saturated rings. The van der Waals surface area contributed by atoms with Gasteiger partial charge >= 0.3 is 0 Å². The Morgan fingerprint density at radius 3 is 2.67 bits per heavy atom. The number of aromatic nitrogens is 2. The van der Waals surface area contributed by atoms with Gasteiger partial charge in [-0.25, -0.2) is 4.98 Å². The van der Waals surface area contributed by atoms with Crippen molar-refractivity contribution in [3.05, 3.63) is 31.4 Å². The first kappa shape index (κ1) is 11.9. The molecule has 1 rings (SSSR count). The molecule has 84 valence electrons. The molecule has 2 unspecified atom stereocenters. The highest BCUT2D eigenvalue weighted by molar-refractivity contribution is 7.86. The molecule has 6 heteroatoms. The Labute approximate surface area is 89.2 Å². The maximum Gasteiger partial charge on any atom is 0.270 e. The Balaban J connectivity index is 3.06. The highest BCUT2D eigenvalue weighted by Gasteiger charge is 2.29. The summed E-state index contributed by atoms with van der Waals surface area (Å²) in [6.07, 6.45) is 6.49. The number of hydrogen-bond acceptors (Lipinski definition) is 3. The Morgan fingerprint density at radius 1 is 1.67 bits per heavy atom. The molecule has 0 aliphatic heterocycles. The van der Waals surface area contributed by atoms with E-state index in [1.807, 2.05) is 0 Å². The van der Waals surface area contributed by atoms with Crippen molar-refractivity contribution >= 4 is 10.1 Å². The van der Waals surface area contributed by atoms with Gasteiger partial charge in [0.05, 0.1) is 12.4 Å². The lowest BCUT2D eigenvalue weighted by Gasteiger charge is -2.21. The monoisotopic (exact) mass is 230 g/mol. The molecule has 0 amide bonds. The third kappa shape index (κ3) is 2.66. The standard InChI is InChI=1S/C9H14N2O3S/c1-3-8(11-6-5-10-7-11)9(4-2)15(12,13)14/h3,5-9H,1,4H2,2H3,(H,12,13,14). The molecule has 0 aromatic carbocycles. The van der Waals surface area contributed by atoms with Crippen LogP contribution in [0.4, 0.5) is 0 Å². The van der Waals surface area contributed by atoms with Crippen molar-refractivity contribution in [1.82, 2.24) is 9.55 Å². The summed E-state index contributed by atoms with van der Waals surface area (Å²) in [5.74, 6) is 0. The van der Waals surface area contributed by atoms with Crippen molar-refractivity contribution in [2.45, 2.75) is 24.6 Å². The second kappa shape index (κ2) is 4.59. The lowest BCUT2D eigenvalue weighted by molar-refractivity contribution is 0.436. The van der Waals surface area contributed by atoms with Crippen molar-refractivity contribution in [3.8, 4) is 0 Å². The van der Waals surface area contributed by atoms with Gasteiger partial charge in [-0.1, -0.05) is 13.0 Å². The van der Waals surface area contributed by atoms with Crippen LogP contribution in [0.2, 0.25) is 0 Å². The van der Waals surface area contributed by atoms with Gasteiger partial charge in [-0.2, -0.15) is 8.42 Å². The van der Waals surface area contributed by atoms with Crippen LogP contribution in [-0.4, -0.2) is 27.8 Å². The summed E-state index contributed by atoms with van der Waals surface area (Å²) in [5, 5.41) is -0.885. The zero-order chi connectivity index (χ0) is 11.5. The fourth-order valence-corrected chi connectivity index (χ4v) is 2.56. The molecular weight excluding hydrogens is 216 g/mol. The van der Waals surface area contributed by atoms with Gasteiger partial charge in [0.25, 0.3) is 10.1 Å². The average Bonchev–Trinajstić information content (AvgIpc) is 2.64. The first-order chi connectivity index (χ1) is 7.00. The van der Waals surface area contributed by atoms with Crippen LogP contribution in [0, 0.1) is 0 Å². The van der Waals surface area contributed by atoms with Gasteiger partial charge < -0.3 is 4.57 Å². The second-order valence-corrected chi connectivity index (χ2v) is 4.83. The molecule has 15 heavy (non-hydrogen) atoms. The number of rotatable bonds is 5. The molecule has 1 heterocycles. The van der Waals surface area contributed by atoms with Gasteiger partial charge in [-0.15, -0.1) is 6.58 Å². The molecule has 1 N–H and O–H groups in total. The van der Waals surface area contributed by atoms with E-state index in [1.54, 1.807) is 23.9 Å². The maximum atomic E-state index is 11.1. The van der Waals surface area contributed by atoms with E-state index in [4.69, 9.17) is 4.55 Å². The summed E-state index contributed by atoms with van der Waals surface area (Å²) < 4.78 is 32.9. The minimum absolute atomic E-state index is 0.313. The van der Waals surface area contributed by atoms with E-state index in [0.29, 0.717) is 6.42 Å². The molecule has 0 aliphatic carbocycles. The van der Waals surface area contributed by atoms with Crippen LogP contribution >= 0.6 is 0 Å². The smallest absolute Gasteiger partial charge is 0.270 e. The van der Waals surface area contributed by atoms with Crippen molar-refractivity contribution in [3.63, 3.8) is 0 Å². The highest BCUT2D eigenvalue weighted by Crippen LogP contribution is 2.21. The molecule has 0 spiro atoms. The van der Waals surface area contributed by atoms with E-state index in [2.05, 4.69) is 11.6 Å². The lowest BCUT2D eigenvalue weighted by atomic mass is 10.1. The molecular formula is C9H14N2O3S. The number of hydrogen-bond donors (Lipinski definition) is 1. The quantitative estimate of drug-likeness (QED) is 0.611. The van der Waals surface area contributed by atoms with Crippen LogP contribution < -0.4 is 0 Å². The predicted octanol–water partition coefficient (Wildman–Crippen LogP) is 1.28. The van der Waals surface area contributed by atoms with Gasteiger partial charge in [-0.05, 0) is 6.42 Å². The molecule has 5 nitrogen and oxygen atoms in total. The Morgan fingerprint density at radius 2 is 2.33 bits per heavy atom. The van der Waals surface area contributed by atoms with Gasteiger partial charge in [0.15, 0.2) is 0 Å². The molecule has 0 aliphatic rings. The van der Waals surface area contributed by atoms with Crippen LogP contribution in [0.1, 0.15) is 19.4 Å². The van der Waals surface area contributed by atoms with Crippen LogP contribution in [0.15, 0.2) is 31.4 Å². The predicted molar refractivity (Wildman–Crippen MR) is 57.1 cm³/mol.